The van der Waals surface area contributed by atoms with Gasteiger partial charge in [-0.3, -0.25) is 4.79 Å². The normalized spacial score (nSPS) is 18.4. The molecule has 0 radical (unpaired) electrons. The number of hydrogen-bond donors (Lipinski definition) is 0. The number of halogens is 3. The molecule has 2 rings (SSSR count). The highest BCUT2D eigenvalue weighted by atomic mass is 35.5. The molecule has 1 aromatic carbocycles. The zero-order valence-electron chi connectivity index (χ0n) is 10.7. The summed E-state index contributed by atoms with van der Waals surface area (Å²) in [5.41, 5.74) is 0.406. The Morgan fingerprint density at radius 3 is 2.26 bits per heavy atom. The minimum atomic E-state index is -0.0868. The predicted octanol–water partition coefficient (Wildman–Crippen LogP) is 4.47. The van der Waals surface area contributed by atoms with Crippen molar-refractivity contribution in [2.75, 3.05) is 13.1 Å². The van der Waals surface area contributed by atoms with Crippen LogP contribution in [0.25, 0.3) is 0 Å². The molecule has 1 fully saturated rings. The van der Waals surface area contributed by atoms with Crippen LogP contribution >= 0.6 is 34.8 Å². The number of alkyl halides is 1. The lowest BCUT2D eigenvalue weighted by Crippen LogP contribution is -2.40. The van der Waals surface area contributed by atoms with Crippen molar-refractivity contribution in [3.05, 3.63) is 33.8 Å². The summed E-state index contributed by atoms with van der Waals surface area (Å²) in [5.74, 6) is 0.392. The van der Waals surface area contributed by atoms with E-state index in [1.54, 1.807) is 18.2 Å². The fourth-order valence-electron chi connectivity index (χ4n) is 2.42. The van der Waals surface area contributed by atoms with E-state index in [2.05, 4.69) is 0 Å². The highest BCUT2D eigenvalue weighted by molar-refractivity contribution is 6.39. The van der Waals surface area contributed by atoms with Crippen molar-refractivity contribution < 1.29 is 4.79 Å². The molecule has 0 bridgehead atoms. The molecule has 104 valence electrons. The Morgan fingerprint density at radius 2 is 1.79 bits per heavy atom. The summed E-state index contributed by atoms with van der Waals surface area (Å²) in [5, 5.41) is 0.969. The zero-order valence-corrected chi connectivity index (χ0v) is 13.0. The molecule has 0 saturated carbocycles. The van der Waals surface area contributed by atoms with Crippen LogP contribution in [0.3, 0.4) is 0 Å². The molecule has 1 aliphatic rings. The maximum absolute atomic E-state index is 12.4. The summed E-state index contributed by atoms with van der Waals surface area (Å²) >= 11 is 18.2. The van der Waals surface area contributed by atoms with Gasteiger partial charge in [-0.15, -0.1) is 11.6 Å². The van der Waals surface area contributed by atoms with Gasteiger partial charge in [0.15, 0.2) is 0 Å². The molecular formula is C14H16Cl3NO. The van der Waals surface area contributed by atoms with Gasteiger partial charge in [0, 0.05) is 18.5 Å². The summed E-state index contributed by atoms with van der Waals surface area (Å²) in [6.45, 7) is 3.43. The van der Waals surface area contributed by atoms with Crippen LogP contribution in [0.5, 0.6) is 0 Å². The molecule has 1 amide bonds. The number of carbonyl (C=O) groups excluding carboxylic acids is 1. The monoisotopic (exact) mass is 319 g/mol. The Labute approximate surface area is 128 Å². The van der Waals surface area contributed by atoms with Gasteiger partial charge in [0.05, 0.1) is 15.6 Å². The first-order valence-electron chi connectivity index (χ1n) is 6.38. The van der Waals surface area contributed by atoms with Crippen LogP contribution in [0.2, 0.25) is 10.0 Å². The van der Waals surface area contributed by atoms with Gasteiger partial charge in [-0.2, -0.15) is 0 Å². The Bertz CT molecular complexity index is 448. The van der Waals surface area contributed by atoms with Crippen molar-refractivity contribution in [2.45, 2.75) is 25.1 Å². The van der Waals surface area contributed by atoms with E-state index in [0.717, 1.165) is 12.8 Å². The number of amides is 1. The highest BCUT2D eigenvalue weighted by Gasteiger charge is 2.27. The van der Waals surface area contributed by atoms with E-state index in [9.17, 15) is 4.79 Å². The first-order chi connectivity index (χ1) is 9.00. The van der Waals surface area contributed by atoms with Gasteiger partial charge in [0.25, 0.3) is 5.91 Å². The van der Waals surface area contributed by atoms with E-state index in [4.69, 9.17) is 34.8 Å². The third kappa shape index (κ3) is 3.36. The predicted molar refractivity (Wildman–Crippen MR) is 80.4 cm³/mol. The smallest absolute Gasteiger partial charge is 0.256 e. The van der Waals surface area contributed by atoms with Crippen LogP contribution in [0.1, 0.15) is 30.1 Å². The second-order valence-corrected chi connectivity index (χ2v) is 6.41. The maximum atomic E-state index is 12.4. The van der Waals surface area contributed by atoms with Crippen molar-refractivity contribution in [1.82, 2.24) is 4.90 Å². The van der Waals surface area contributed by atoms with Gasteiger partial charge >= 0.3 is 0 Å². The van der Waals surface area contributed by atoms with Gasteiger partial charge in [-0.05, 0) is 37.8 Å². The first-order valence-corrected chi connectivity index (χ1v) is 7.57. The minimum absolute atomic E-state index is 0.0868. The van der Waals surface area contributed by atoms with Crippen LogP contribution in [0, 0.1) is 5.92 Å². The summed E-state index contributed by atoms with van der Waals surface area (Å²) in [6.07, 6.45) is 1.86. The van der Waals surface area contributed by atoms with Gasteiger partial charge < -0.3 is 4.90 Å². The van der Waals surface area contributed by atoms with Gasteiger partial charge in [-0.25, -0.2) is 0 Å². The Morgan fingerprint density at radius 1 is 1.26 bits per heavy atom. The van der Waals surface area contributed by atoms with Crippen molar-refractivity contribution in [3.63, 3.8) is 0 Å². The summed E-state index contributed by atoms with van der Waals surface area (Å²) in [4.78, 5) is 14.3. The van der Waals surface area contributed by atoms with Crippen LogP contribution in [-0.2, 0) is 0 Å². The third-order valence-corrected chi connectivity index (χ3v) is 4.64. The standard InChI is InChI=1S/C14H16Cl3NO/c1-9(15)10-5-7-18(8-6-10)14(19)13-11(16)3-2-4-12(13)17/h2-4,9-10H,5-8H2,1H3. The molecule has 0 spiro atoms. The number of hydrogen-bond acceptors (Lipinski definition) is 1. The van der Waals surface area contributed by atoms with Gasteiger partial charge in [-0.1, -0.05) is 29.3 Å². The molecule has 5 heteroatoms. The van der Waals surface area contributed by atoms with Crippen LogP contribution in [-0.4, -0.2) is 29.3 Å². The Hall–Kier alpha value is -0.440. The van der Waals surface area contributed by atoms with Crippen molar-refractivity contribution >= 4 is 40.7 Å². The molecule has 1 heterocycles. The Balaban J connectivity index is 2.10. The number of likely N-dealkylation sites (tertiary alicyclic amines) is 1. The van der Waals surface area contributed by atoms with E-state index in [1.807, 2.05) is 11.8 Å². The molecule has 0 aliphatic carbocycles. The second kappa shape index (κ2) is 6.34. The number of rotatable bonds is 2. The largest absolute Gasteiger partial charge is 0.339 e. The quantitative estimate of drug-likeness (QED) is 0.736. The first kappa shape index (κ1) is 15.0. The average Bonchev–Trinajstić information content (AvgIpc) is 2.38. The lowest BCUT2D eigenvalue weighted by atomic mass is 9.93. The summed E-state index contributed by atoms with van der Waals surface area (Å²) in [7, 11) is 0. The van der Waals surface area contributed by atoms with E-state index in [1.165, 1.54) is 0 Å². The average molecular weight is 321 g/mol. The SMILES string of the molecule is CC(Cl)C1CCN(C(=O)c2c(Cl)cccc2Cl)CC1. The number of nitrogens with zero attached hydrogens (tertiary/aromatic N) is 1. The van der Waals surface area contributed by atoms with Crippen molar-refractivity contribution in [3.8, 4) is 0 Å². The fraction of sp³-hybridized carbons (Fsp3) is 0.500. The van der Waals surface area contributed by atoms with Crippen LogP contribution < -0.4 is 0 Å². The molecular weight excluding hydrogens is 305 g/mol. The van der Waals surface area contributed by atoms with Crippen molar-refractivity contribution in [2.24, 2.45) is 5.92 Å². The highest BCUT2D eigenvalue weighted by Crippen LogP contribution is 2.29. The molecule has 2 nitrogen and oxygen atoms in total. The zero-order chi connectivity index (χ0) is 14.0. The topological polar surface area (TPSA) is 20.3 Å². The fourth-order valence-corrected chi connectivity index (χ4v) is 3.23. The molecule has 19 heavy (non-hydrogen) atoms. The van der Waals surface area contributed by atoms with Crippen molar-refractivity contribution in [1.29, 1.82) is 0 Å². The van der Waals surface area contributed by atoms with E-state index < -0.39 is 0 Å². The Kier molecular flexibility index (Phi) is 4.99. The van der Waals surface area contributed by atoms with E-state index in [-0.39, 0.29) is 11.3 Å². The summed E-state index contributed by atoms with van der Waals surface area (Å²) in [6, 6.07) is 5.12. The lowest BCUT2D eigenvalue weighted by molar-refractivity contribution is 0.0690. The lowest BCUT2D eigenvalue weighted by Gasteiger charge is -2.33. The summed E-state index contributed by atoms with van der Waals surface area (Å²) < 4.78 is 0. The number of piperidine rings is 1. The molecule has 1 unspecified atom stereocenters. The third-order valence-electron chi connectivity index (χ3n) is 3.65. The minimum Gasteiger partial charge on any atom is -0.339 e. The molecule has 1 aromatic rings. The van der Waals surface area contributed by atoms with E-state index >= 15 is 0 Å². The van der Waals surface area contributed by atoms with Gasteiger partial charge in [0.1, 0.15) is 0 Å². The molecule has 1 saturated heterocycles. The molecule has 0 aromatic heterocycles. The number of benzene rings is 1. The van der Waals surface area contributed by atoms with E-state index in [0.29, 0.717) is 34.6 Å². The second-order valence-electron chi connectivity index (χ2n) is 4.90. The van der Waals surface area contributed by atoms with Crippen LogP contribution in [0.15, 0.2) is 18.2 Å². The maximum Gasteiger partial charge on any atom is 0.256 e. The van der Waals surface area contributed by atoms with Crippen LogP contribution in [0.4, 0.5) is 0 Å². The molecule has 1 aliphatic heterocycles. The molecule has 0 N–H and O–H groups in total. The van der Waals surface area contributed by atoms with Gasteiger partial charge in [0.2, 0.25) is 0 Å². The molecule has 1 atom stereocenters. The number of carbonyl (C=O) groups is 1.